The summed E-state index contributed by atoms with van der Waals surface area (Å²) in [7, 11) is 0. The Labute approximate surface area is 131 Å². The molecule has 0 unspecified atom stereocenters. The van der Waals surface area contributed by atoms with Crippen LogP contribution in [0.1, 0.15) is 34.7 Å². The Balaban J connectivity index is 2.79. The molecule has 3 heteroatoms. The molecule has 0 aromatic carbocycles. The molecule has 0 aliphatic carbocycles. The Morgan fingerprint density at radius 2 is 1.71 bits per heavy atom. The predicted molar refractivity (Wildman–Crippen MR) is 93.4 cm³/mol. The standard InChI is InChI=1S/C18H23NOS/c1-12(7-6-8-13(2)11-18(19)20)9-10-17-14(3)15(4)21-16(17)5/h6-11H,1-5H3,(H2,19,20)/b8-6+,10-9+,12-7+,13-11+. The van der Waals surface area contributed by atoms with Crippen molar-refractivity contribution in [3.05, 3.63) is 62.4 Å². The first kappa shape index (κ1) is 17.2. The van der Waals surface area contributed by atoms with E-state index in [1.54, 1.807) is 0 Å². The fourth-order valence-corrected chi connectivity index (χ4v) is 3.01. The lowest BCUT2D eigenvalue weighted by molar-refractivity contribution is -0.113. The van der Waals surface area contributed by atoms with Crippen LogP contribution in [-0.4, -0.2) is 5.91 Å². The molecular weight excluding hydrogens is 278 g/mol. The number of carbonyl (C=O) groups excluding carboxylic acids is 1. The van der Waals surface area contributed by atoms with Crippen molar-refractivity contribution in [2.24, 2.45) is 5.73 Å². The molecule has 0 fully saturated rings. The fourth-order valence-electron chi connectivity index (χ4n) is 1.95. The molecule has 0 saturated heterocycles. The molecule has 0 aliphatic rings. The van der Waals surface area contributed by atoms with E-state index in [0.717, 1.165) is 11.1 Å². The maximum Gasteiger partial charge on any atom is 0.241 e. The largest absolute Gasteiger partial charge is 0.366 e. The highest BCUT2D eigenvalue weighted by atomic mass is 32.1. The van der Waals surface area contributed by atoms with Crippen LogP contribution in [0.2, 0.25) is 0 Å². The summed E-state index contributed by atoms with van der Waals surface area (Å²) < 4.78 is 0. The molecular formula is C18H23NOS. The van der Waals surface area contributed by atoms with Crippen LogP contribution in [0.3, 0.4) is 0 Å². The first-order chi connectivity index (χ1) is 9.81. The number of amides is 1. The molecule has 1 heterocycles. The second-order valence-corrected chi connectivity index (χ2v) is 6.58. The summed E-state index contributed by atoms with van der Waals surface area (Å²) in [6, 6.07) is 0. The van der Waals surface area contributed by atoms with Crippen molar-refractivity contribution >= 4 is 23.3 Å². The van der Waals surface area contributed by atoms with Gasteiger partial charge in [-0.05, 0) is 51.3 Å². The van der Waals surface area contributed by atoms with E-state index in [0.29, 0.717) is 0 Å². The summed E-state index contributed by atoms with van der Waals surface area (Å²) in [5, 5.41) is 0. The molecule has 0 saturated carbocycles. The average molecular weight is 301 g/mol. The molecule has 0 aliphatic heterocycles. The lowest BCUT2D eigenvalue weighted by Crippen LogP contribution is -2.06. The van der Waals surface area contributed by atoms with Crippen molar-refractivity contribution in [1.82, 2.24) is 0 Å². The van der Waals surface area contributed by atoms with Gasteiger partial charge in [-0.25, -0.2) is 0 Å². The van der Waals surface area contributed by atoms with Gasteiger partial charge in [-0.1, -0.05) is 36.0 Å². The summed E-state index contributed by atoms with van der Waals surface area (Å²) in [6.45, 7) is 10.4. The lowest BCUT2D eigenvalue weighted by atomic mass is 10.1. The van der Waals surface area contributed by atoms with Gasteiger partial charge in [-0.3, -0.25) is 4.79 Å². The van der Waals surface area contributed by atoms with Crippen LogP contribution in [0.5, 0.6) is 0 Å². The highest BCUT2D eigenvalue weighted by Gasteiger charge is 2.05. The zero-order valence-corrected chi connectivity index (χ0v) is 14.2. The van der Waals surface area contributed by atoms with Gasteiger partial charge in [0.2, 0.25) is 5.91 Å². The monoisotopic (exact) mass is 301 g/mol. The van der Waals surface area contributed by atoms with Crippen LogP contribution >= 0.6 is 11.3 Å². The van der Waals surface area contributed by atoms with Gasteiger partial charge in [0.15, 0.2) is 0 Å². The van der Waals surface area contributed by atoms with E-state index in [1.165, 1.54) is 27.0 Å². The summed E-state index contributed by atoms with van der Waals surface area (Å²) >= 11 is 1.84. The third kappa shape index (κ3) is 5.56. The van der Waals surface area contributed by atoms with E-state index < -0.39 is 5.91 Å². The number of rotatable bonds is 5. The van der Waals surface area contributed by atoms with Crippen molar-refractivity contribution in [1.29, 1.82) is 0 Å². The minimum Gasteiger partial charge on any atom is -0.366 e. The minimum absolute atomic E-state index is 0.420. The summed E-state index contributed by atoms with van der Waals surface area (Å²) in [5.41, 5.74) is 9.77. The number of thiophene rings is 1. The number of allylic oxidation sites excluding steroid dienone is 6. The molecule has 1 aromatic rings. The van der Waals surface area contributed by atoms with Crippen molar-refractivity contribution in [3.8, 4) is 0 Å². The van der Waals surface area contributed by atoms with Gasteiger partial charge in [-0.15, -0.1) is 11.3 Å². The second kappa shape index (κ2) is 7.79. The molecule has 0 spiro atoms. The smallest absolute Gasteiger partial charge is 0.241 e. The van der Waals surface area contributed by atoms with Crippen molar-refractivity contribution in [2.75, 3.05) is 0 Å². The van der Waals surface area contributed by atoms with Crippen LogP contribution < -0.4 is 5.73 Å². The Kier molecular flexibility index (Phi) is 6.38. The quantitative estimate of drug-likeness (QED) is 0.626. The topological polar surface area (TPSA) is 43.1 Å². The van der Waals surface area contributed by atoms with Gasteiger partial charge < -0.3 is 5.73 Å². The van der Waals surface area contributed by atoms with E-state index in [4.69, 9.17) is 5.73 Å². The van der Waals surface area contributed by atoms with E-state index in [2.05, 4.69) is 39.8 Å². The highest BCUT2D eigenvalue weighted by molar-refractivity contribution is 7.12. The van der Waals surface area contributed by atoms with Crippen LogP contribution in [0.25, 0.3) is 6.08 Å². The van der Waals surface area contributed by atoms with E-state index in [9.17, 15) is 4.79 Å². The van der Waals surface area contributed by atoms with Crippen LogP contribution in [0.15, 0.2) is 41.5 Å². The zero-order chi connectivity index (χ0) is 16.0. The summed E-state index contributed by atoms with van der Waals surface area (Å²) in [4.78, 5) is 13.4. The van der Waals surface area contributed by atoms with Crippen molar-refractivity contribution in [3.63, 3.8) is 0 Å². The molecule has 112 valence electrons. The van der Waals surface area contributed by atoms with Gasteiger partial charge in [0, 0.05) is 15.8 Å². The average Bonchev–Trinajstić information content (AvgIpc) is 2.60. The molecule has 0 bridgehead atoms. The maximum atomic E-state index is 10.7. The van der Waals surface area contributed by atoms with Crippen LogP contribution in [-0.2, 0) is 4.79 Å². The van der Waals surface area contributed by atoms with E-state index in [-0.39, 0.29) is 0 Å². The maximum absolute atomic E-state index is 10.7. The van der Waals surface area contributed by atoms with Gasteiger partial charge >= 0.3 is 0 Å². The first-order valence-electron chi connectivity index (χ1n) is 6.88. The SMILES string of the molecule is CC(/C=C/c1c(C)sc(C)c1C)=C\C=C\C(C)=C\C(N)=O. The predicted octanol–water partition coefficient (Wildman–Crippen LogP) is 4.62. The van der Waals surface area contributed by atoms with Crippen LogP contribution in [0.4, 0.5) is 0 Å². The number of hydrogen-bond donors (Lipinski definition) is 1. The second-order valence-electron chi connectivity index (χ2n) is 5.15. The normalized spacial score (nSPS) is 13.6. The fraction of sp³-hybridized carbons (Fsp3) is 0.278. The minimum atomic E-state index is -0.420. The van der Waals surface area contributed by atoms with Crippen LogP contribution in [0, 0.1) is 20.8 Å². The summed E-state index contributed by atoms with van der Waals surface area (Å²) in [6.07, 6.45) is 11.5. The van der Waals surface area contributed by atoms with E-state index in [1.807, 2.05) is 36.5 Å². The lowest BCUT2D eigenvalue weighted by Gasteiger charge is -1.95. The van der Waals surface area contributed by atoms with Gasteiger partial charge in [0.05, 0.1) is 0 Å². The molecule has 2 nitrogen and oxygen atoms in total. The zero-order valence-electron chi connectivity index (χ0n) is 13.4. The Hall–Kier alpha value is -1.87. The van der Waals surface area contributed by atoms with Gasteiger partial charge in [-0.2, -0.15) is 0 Å². The molecule has 2 N–H and O–H groups in total. The number of aryl methyl sites for hydroxylation is 2. The molecule has 0 radical (unpaired) electrons. The number of carbonyl (C=O) groups is 1. The van der Waals surface area contributed by atoms with Gasteiger partial charge in [0.1, 0.15) is 0 Å². The Bertz CT molecular complexity index is 642. The molecule has 21 heavy (non-hydrogen) atoms. The number of primary amides is 1. The van der Waals surface area contributed by atoms with E-state index >= 15 is 0 Å². The molecule has 1 rings (SSSR count). The first-order valence-corrected chi connectivity index (χ1v) is 7.70. The Morgan fingerprint density at radius 1 is 1.05 bits per heavy atom. The number of hydrogen-bond acceptors (Lipinski definition) is 2. The van der Waals surface area contributed by atoms with Crippen molar-refractivity contribution in [2.45, 2.75) is 34.6 Å². The third-order valence-corrected chi connectivity index (χ3v) is 4.36. The molecule has 0 atom stereocenters. The highest BCUT2D eigenvalue weighted by Crippen LogP contribution is 2.27. The molecule has 1 aromatic heterocycles. The number of nitrogens with two attached hydrogens (primary N) is 1. The van der Waals surface area contributed by atoms with Gasteiger partial charge in [0.25, 0.3) is 0 Å². The third-order valence-electron chi connectivity index (χ3n) is 3.22. The van der Waals surface area contributed by atoms with Crippen molar-refractivity contribution < 1.29 is 4.79 Å². The summed E-state index contributed by atoms with van der Waals surface area (Å²) in [5.74, 6) is -0.420. The molecule has 1 amide bonds. The Morgan fingerprint density at radius 3 is 2.24 bits per heavy atom.